The molecule has 1 saturated heterocycles. The molecule has 1 unspecified atom stereocenters. The molecule has 1 atom stereocenters. The maximum atomic E-state index is 13.4. The number of rotatable bonds is 2. The van der Waals surface area contributed by atoms with Gasteiger partial charge in [0, 0.05) is 24.6 Å². The lowest BCUT2D eigenvalue weighted by molar-refractivity contribution is -0.142. The van der Waals surface area contributed by atoms with Gasteiger partial charge >= 0.3 is 6.18 Å². The van der Waals surface area contributed by atoms with Gasteiger partial charge in [-0.3, -0.25) is 0 Å². The van der Waals surface area contributed by atoms with Crippen LogP contribution in [0.4, 0.5) is 13.2 Å². The van der Waals surface area contributed by atoms with Crippen LogP contribution in [-0.4, -0.2) is 47.4 Å². The minimum atomic E-state index is -4.54. The molecular weight excluding hydrogens is 407 g/mol. The highest BCUT2D eigenvalue weighted by Crippen LogP contribution is 2.37. The normalized spacial score (nSPS) is 23.9. The monoisotopic (exact) mass is 427 g/mol. The standard InChI is InChI=1S/C19H20F3N3O3S/c20-19(21,22)18-16-11-28-6-4-17(16)25(23-18)14-3-2-12-8-15(10-13(12)9-14)24-5-1-7-29(24,26)27/h2-3,9,15H,1,4-8,10-11H2. The number of benzene rings is 1. The Bertz CT molecular complexity index is 1080. The first kappa shape index (κ1) is 19.1. The number of alkyl halides is 3. The van der Waals surface area contributed by atoms with Crippen molar-refractivity contribution in [3.8, 4) is 5.69 Å². The van der Waals surface area contributed by atoms with Gasteiger partial charge in [0.25, 0.3) is 0 Å². The van der Waals surface area contributed by atoms with Crippen LogP contribution in [-0.2, 0) is 46.8 Å². The number of hydrogen-bond acceptors (Lipinski definition) is 4. The van der Waals surface area contributed by atoms with Crippen LogP contribution in [0, 0.1) is 0 Å². The zero-order chi connectivity index (χ0) is 20.4. The van der Waals surface area contributed by atoms with E-state index in [1.807, 2.05) is 12.1 Å². The minimum absolute atomic E-state index is 0.0932. The average molecular weight is 427 g/mol. The van der Waals surface area contributed by atoms with Gasteiger partial charge in [0.2, 0.25) is 10.0 Å². The second-order valence-electron chi connectivity index (χ2n) is 7.78. The van der Waals surface area contributed by atoms with Gasteiger partial charge in [-0.2, -0.15) is 22.6 Å². The summed E-state index contributed by atoms with van der Waals surface area (Å²) in [6.45, 7) is 0.801. The second-order valence-corrected chi connectivity index (χ2v) is 9.82. The van der Waals surface area contributed by atoms with E-state index in [0.717, 1.165) is 11.1 Å². The summed E-state index contributed by atoms with van der Waals surface area (Å²) >= 11 is 0. The zero-order valence-electron chi connectivity index (χ0n) is 15.6. The molecule has 6 nitrogen and oxygen atoms in total. The summed E-state index contributed by atoms with van der Waals surface area (Å²) < 4.78 is 73.0. The third-order valence-electron chi connectivity index (χ3n) is 5.98. The molecule has 156 valence electrons. The topological polar surface area (TPSA) is 64.4 Å². The van der Waals surface area contributed by atoms with E-state index in [1.54, 1.807) is 10.4 Å². The van der Waals surface area contributed by atoms with Gasteiger partial charge in [0.15, 0.2) is 5.69 Å². The minimum Gasteiger partial charge on any atom is -0.376 e. The van der Waals surface area contributed by atoms with Crippen LogP contribution < -0.4 is 0 Å². The Morgan fingerprint density at radius 2 is 1.97 bits per heavy atom. The van der Waals surface area contributed by atoms with E-state index >= 15 is 0 Å². The van der Waals surface area contributed by atoms with Crippen molar-refractivity contribution in [1.82, 2.24) is 14.1 Å². The van der Waals surface area contributed by atoms with E-state index in [-0.39, 0.29) is 24.0 Å². The molecular formula is C19H20F3N3O3S. The molecule has 1 aromatic carbocycles. The van der Waals surface area contributed by atoms with Crippen LogP contribution >= 0.6 is 0 Å². The van der Waals surface area contributed by atoms with Crippen molar-refractivity contribution in [3.63, 3.8) is 0 Å². The smallest absolute Gasteiger partial charge is 0.376 e. The average Bonchev–Trinajstić information content (AvgIpc) is 3.34. The van der Waals surface area contributed by atoms with Crippen LogP contribution in [0.5, 0.6) is 0 Å². The van der Waals surface area contributed by atoms with Crippen LogP contribution in [0.15, 0.2) is 18.2 Å². The number of sulfonamides is 1. The fourth-order valence-electron chi connectivity index (χ4n) is 4.66. The van der Waals surface area contributed by atoms with Gasteiger partial charge < -0.3 is 4.74 Å². The van der Waals surface area contributed by atoms with E-state index in [0.29, 0.717) is 50.2 Å². The van der Waals surface area contributed by atoms with E-state index in [9.17, 15) is 21.6 Å². The molecule has 2 aromatic rings. The number of nitrogens with zero attached hydrogens (tertiary/aromatic N) is 3. The molecule has 10 heteroatoms. The number of aromatic nitrogens is 2. The highest BCUT2D eigenvalue weighted by atomic mass is 32.2. The Morgan fingerprint density at radius 3 is 2.69 bits per heavy atom. The predicted octanol–water partition coefficient (Wildman–Crippen LogP) is 2.47. The molecule has 1 aromatic heterocycles. The van der Waals surface area contributed by atoms with Crippen molar-refractivity contribution < 1.29 is 26.3 Å². The Labute approximate surface area is 166 Å². The Kier molecular flexibility index (Phi) is 4.31. The first-order valence-corrected chi connectivity index (χ1v) is 11.2. The number of halogens is 3. The highest BCUT2D eigenvalue weighted by molar-refractivity contribution is 7.89. The summed E-state index contributed by atoms with van der Waals surface area (Å²) in [6, 6.07) is 5.38. The third-order valence-corrected chi connectivity index (χ3v) is 7.98. The van der Waals surface area contributed by atoms with Crippen molar-refractivity contribution in [2.75, 3.05) is 18.9 Å². The van der Waals surface area contributed by atoms with E-state index < -0.39 is 21.9 Å². The quantitative estimate of drug-likeness (QED) is 0.739. The molecule has 0 amide bonds. The summed E-state index contributed by atoms with van der Waals surface area (Å²) in [6.07, 6.45) is -2.33. The zero-order valence-corrected chi connectivity index (χ0v) is 16.4. The Balaban J connectivity index is 1.50. The highest BCUT2D eigenvalue weighted by Gasteiger charge is 2.41. The number of fused-ring (bicyclic) bond motifs is 2. The summed E-state index contributed by atoms with van der Waals surface area (Å²) in [4.78, 5) is 0. The molecule has 5 rings (SSSR count). The van der Waals surface area contributed by atoms with Crippen LogP contribution in [0.2, 0.25) is 0 Å². The second kappa shape index (κ2) is 6.55. The van der Waals surface area contributed by atoms with Crippen molar-refractivity contribution >= 4 is 10.0 Å². The Morgan fingerprint density at radius 1 is 1.17 bits per heavy atom. The molecule has 1 aliphatic carbocycles. The summed E-state index contributed by atoms with van der Waals surface area (Å²) in [5.41, 5.74) is 2.32. The van der Waals surface area contributed by atoms with Crippen LogP contribution in [0.25, 0.3) is 5.69 Å². The third kappa shape index (κ3) is 3.17. The SMILES string of the molecule is O=S1(=O)CCCN1C1Cc2ccc(-n3nc(C(F)(F)F)c4c3CCOC4)cc2C1. The lowest BCUT2D eigenvalue weighted by atomic mass is 10.1. The summed E-state index contributed by atoms with van der Waals surface area (Å²) in [5, 5.41) is 3.88. The number of ether oxygens (including phenoxy) is 1. The van der Waals surface area contributed by atoms with Gasteiger partial charge in [-0.25, -0.2) is 13.1 Å². The fourth-order valence-corrected chi connectivity index (χ4v) is 6.40. The fraction of sp³-hybridized carbons (Fsp3) is 0.526. The van der Waals surface area contributed by atoms with Gasteiger partial charge in [-0.05, 0) is 42.5 Å². The molecule has 1 fully saturated rings. The van der Waals surface area contributed by atoms with Gasteiger partial charge in [0.05, 0.1) is 30.3 Å². The lowest BCUT2D eigenvalue weighted by Crippen LogP contribution is -2.37. The molecule has 0 N–H and O–H groups in total. The molecule has 0 saturated carbocycles. The lowest BCUT2D eigenvalue weighted by Gasteiger charge is -2.21. The first-order chi connectivity index (χ1) is 13.7. The Hall–Kier alpha value is -1.91. The summed E-state index contributed by atoms with van der Waals surface area (Å²) in [5.74, 6) is 0.187. The molecule has 3 aliphatic rings. The first-order valence-electron chi connectivity index (χ1n) is 9.61. The maximum Gasteiger partial charge on any atom is 0.435 e. The van der Waals surface area contributed by atoms with Crippen molar-refractivity contribution in [2.24, 2.45) is 0 Å². The molecule has 0 radical (unpaired) electrons. The maximum absolute atomic E-state index is 13.4. The van der Waals surface area contributed by atoms with Gasteiger partial charge in [-0.15, -0.1) is 0 Å². The van der Waals surface area contributed by atoms with Gasteiger partial charge in [0.1, 0.15) is 0 Å². The molecule has 0 spiro atoms. The molecule has 29 heavy (non-hydrogen) atoms. The van der Waals surface area contributed by atoms with Crippen LogP contribution in [0.3, 0.4) is 0 Å². The van der Waals surface area contributed by atoms with Crippen molar-refractivity contribution in [2.45, 2.75) is 44.5 Å². The van der Waals surface area contributed by atoms with Crippen molar-refractivity contribution in [3.05, 3.63) is 46.3 Å². The van der Waals surface area contributed by atoms with E-state index in [1.165, 1.54) is 4.68 Å². The predicted molar refractivity (Wildman–Crippen MR) is 98.2 cm³/mol. The van der Waals surface area contributed by atoms with Crippen LogP contribution in [0.1, 0.15) is 34.5 Å². The van der Waals surface area contributed by atoms with Crippen molar-refractivity contribution in [1.29, 1.82) is 0 Å². The van der Waals surface area contributed by atoms with Gasteiger partial charge in [-0.1, -0.05) is 6.07 Å². The number of hydrogen-bond donors (Lipinski definition) is 0. The molecule has 2 aliphatic heterocycles. The molecule has 0 bridgehead atoms. The largest absolute Gasteiger partial charge is 0.435 e. The molecule has 3 heterocycles. The van der Waals surface area contributed by atoms with E-state index in [2.05, 4.69) is 5.10 Å². The van der Waals surface area contributed by atoms with E-state index in [4.69, 9.17) is 4.74 Å². The summed E-state index contributed by atoms with van der Waals surface area (Å²) in [7, 11) is -3.20.